The van der Waals surface area contributed by atoms with Gasteiger partial charge >= 0.3 is 0 Å². The smallest absolute Gasteiger partial charge is 0.293 e. The van der Waals surface area contributed by atoms with E-state index in [1.165, 1.54) is 0 Å². The summed E-state index contributed by atoms with van der Waals surface area (Å²) in [5.41, 5.74) is 1.84. The van der Waals surface area contributed by atoms with Gasteiger partial charge in [0.1, 0.15) is 6.10 Å². The summed E-state index contributed by atoms with van der Waals surface area (Å²) in [6, 6.07) is 7.55. The van der Waals surface area contributed by atoms with Crippen molar-refractivity contribution >= 4 is 24.0 Å². The van der Waals surface area contributed by atoms with Crippen LogP contribution in [0.3, 0.4) is 0 Å². The number of nitrogens with zero attached hydrogens (tertiary/aromatic N) is 1. The molecular weight excluding hydrogens is 392 g/mol. The maximum atomic E-state index is 13.2. The molecule has 1 N–H and O–H groups in total. The fraction of sp³-hybridized carbons (Fsp3) is 0.640. The normalized spacial score (nSPS) is 31.7. The minimum atomic E-state index is -0.172. The molecule has 2 aliphatic carbocycles. The number of likely N-dealkylation sites (tertiary alicyclic amines) is 1. The molecule has 4 atom stereocenters. The Balaban J connectivity index is 1.38. The Labute approximate surface area is 184 Å². The van der Waals surface area contributed by atoms with Crippen molar-refractivity contribution in [2.24, 2.45) is 16.7 Å². The van der Waals surface area contributed by atoms with Gasteiger partial charge in [-0.15, -0.1) is 0 Å². The molecule has 3 aliphatic rings. The molecule has 0 spiro atoms. The van der Waals surface area contributed by atoms with Gasteiger partial charge in [-0.3, -0.25) is 14.4 Å². The van der Waals surface area contributed by atoms with Crippen LogP contribution in [-0.2, 0) is 14.3 Å². The lowest BCUT2D eigenvalue weighted by molar-refractivity contribution is -0.137. The summed E-state index contributed by atoms with van der Waals surface area (Å²) >= 11 is 0. The van der Waals surface area contributed by atoms with Crippen LogP contribution < -0.4 is 5.32 Å². The highest BCUT2D eigenvalue weighted by atomic mass is 16.5. The molecule has 4 rings (SSSR count). The Hall–Kier alpha value is -2.37. The fourth-order valence-electron chi connectivity index (χ4n) is 6.39. The molecule has 31 heavy (non-hydrogen) atoms. The Morgan fingerprint density at radius 1 is 1.13 bits per heavy atom. The standard InChI is InChI=1S/C25H34N2O4/c1-24(2)12-20-13-25(3,14-24)15-27(20)23(30)17-7-9-19(10-8-17)26-22(29)18-5-4-6-21(11-18)31-16-28/h7-10,16,18,20-21H,4-6,11-15H2,1-3H3,(H,26,29). The van der Waals surface area contributed by atoms with E-state index in [0.717, 1.165) is 45.1 Å². The molecule has 1 saturated heterocycles. The van der Waals surface area contributed by atoms with E-state index in [9.17, 15) is 14.4 Å². The van der Waals surface area contributed by atoms with Crippen LogP contribution in [0.25, 0.3) is 0 Å². The van der Waals surface area contributed by atoms with Crippen molar-refractivity contribution in [2.75, 3.05) is 11.9 Å². The molecule has 0 radical (unpaired) electrons. The van der Waals surface area contributed by atoms with Gasteiger partial charge in [0.05, 0.1) is 0 Å². The number of ether oxygens (including phenoxy) is 1. The monoisotopic (exact) mass is 426 g/mol. The summed E-state index contributed by atoms with van der Waals surface area (Å²) < 4.78 is 5.05. The summed E-state index contributed by atoms with van der Waals surface area (Å²) in [5.74, 6) is -0.125. The van der Waals surface area contributed by atoms with Crippen LogP contribution in [0.2, 0.25) is 0 Å². The number of carbonyl (C=O) groups is 3. The third kappa shape index (κ3) is 4.78. The number of nitrogens with one attached hydrogen (secondary N) is 1. The van der Waals surface area contributed by atoms with Crippen molar-refractivity contribution in [1.82, 2.24) is 4.90 Å². The first-order valence-electron chi connectivity index (χ1n) is 11.5. The average Bonchev–Trinajstić information content (AvgIpc) is 2.97. The molecule has 2 amide bonds. The van der Waals surface area contributed by atoms with E-state index in [4.69, 9.17) is 4.74 Å². The number of fused-ring (bicyclic) bond motifs is 2. The topological polar surface area (TPSA) is 75.7 Å². The van der Waals surface area contributed by atoms with Gasteiger partial charge in [0.25, 0.3) is 12.4 Å². The van der Waals surface area contributed by atoms with E-state index in [1.54, 1.807) is 12.1 Å². The minimum absolute atomic E-state index is 0.0539. The Bertz CT molecular complexity index is 850. The van der Waals surface area contributed by atoms with Crippen LogP contribution in [0.5, 0.6) is 0 Å². The van der Waals surface area contributed by atoms with Gasteiger partial charge in [0.2, 0.25) is 5.91 Å². The molecule has 3 fully saturated rings. The number of hydrogen-bond acceptors (Lipinski definition) is 4. The van der Waals surface area contributed by atoms with Crippen molar-refractivity contribution in [2.45, 2.75) is 77.9 Å². The van der Waals surface area contributed by atoms with Crippen LogP contribution in [0.1, 0.15) is 76.1 Å². The van der Waals surface area contributed by atoms with Crippen LogP contribution in [0, 0.1) is 16.7 Å². The summed E-state index contributed by atoms with van der Waals surface area (Å²) in [7, 11) is 0. The van der Waals surface area contributed by atoms with Gasteiger partial charge < -0.3 is 15.0 Å². The van der Waals surface area contributed by atoms with Crippen LogP contribution in [-0.4, -0.2) is 41.9 Å². The van der Waals surface area contributed by atoms with Gasteiger partial charge in [-0.05, 0) is 80.0 Å². The van der Waals surface area contributed by atoms with Crippen molar-refractivity contribution in [3.63, 3.8) is 0 Å². The molecule has 168 valence electrons. The second-order valence-electron chi connectivity index (χ2n) is 10.9. The van der Waals surface area contributed by atoms with E-state index in [1.807, 2.05) is 12.1 Å². The zero-order chi connectivity index (χ0) is 22.2. The molecule has 4 unspecified atom stereocenters. The van der Waals surface area contributed by atoms with Crippen LogP contribution in [0.4, 0.5) is 5.69 Å². The highest BCUT2D eigenvalue weighted by molar-refractivity contribution is 5.96. The van der Waals surface area contributed by atoms with E-state index >= 15 is 0 Å². The zero-order valence-electron chi connectivity index (χ0n) is 18.9. The quantitative estimate of drug-likeness (QED) is 0.708. The molecule has 6 heteroatoms. The van der Waals surface area contributed by atoms with Gasteiger partial charge in [-0.2, -0.15) is 0 Å². The number of amides is 2. The predicted octanol–water partition coefficient (Wildman–Crippen LogP) is 4.40. The minimum Gasteiger partial charge on any atom is -0.465 e. The fourth-order valence-corrected chi connectivity index (χ4v) is 6.39. The zero-order valence-corrected chi connectivity index (χ0v) is 18.9. The van der Waals surface area contributed by atoms with Crippen LogP contribution >= 0.6 is 0 Å². The van der Waals surface area contributed by atoms with E-state index < -0.39 is 0 Å². The van der Waals surface area contributed by atoms with Crippen molar-refractivity contribution in [3.05, 3.63) is 29.8 Å². The number of rotatable bonds is 5. The second kappa shape index (κ2) is 8.29. The van der Waals surface area contributed by atoms with Gasteiger partial charge in [0, 0.05) is 29.8 Å². The molecule has 1 heterocycles. The maximum Gasteiger partial charge on any atom is 0.293 e. The Morgan fingerprint density at radius 3 is 2.58 bits per heavy atom. The lowest BCUT2D eigenvalue weighted by atomic mass is 9.65. The highest BCUT2D eigenvalue weighted by Gasteiger charge is 2.51. The van der Waals surface area contributed by atoms with Crippen molar-refractivity contribution in [3.8, 4) is 0 Å². The summed E-state index contributed by atoms with van der Waals surface area (Å²) in [6.45, 7) is 8.22. The first-order valence-corrected chi connectivity index (χ1v) is 11.5. The maximum absolute atomic E-state index is 13.2. The number of carbonyl (C=O) groups excluding carboxylic acids is 3. The van der Waals surface area contributed by atoms with Gasteiger partial charge in [-0.25, -0.2) is 0 Å². The second-order valence-corrected chi connectivity index (χ2v) is 10.9. The summed E-state index contributed by atoms with van der Waals surface area (Å²) in [4.78, 5) is 38.5. The third-order valence-corrected chi connectivity index (χ3v) is 7.32. The number of anilines is 1. The van der Waals surface area contributed by atoms with E-state index in [0.29, 0.717) is 30.2 Å². The van der Waals surface area contributed by atoms with Crippen molar-refractivity contribution in [1.29, 1.82) is 0 Å². The lowest BCUT2D eigenvalue weighted by Gasteiger charge is -2.39. The lowest BCUT2D eigenvalue weighted by Crippen LogP contribution is -2.37. The molecule has 2 saturated carbocycles. The number of benzene rings is 1. The molecule has 2 bridgehead atoms. The Kier molecular flexibility index (Phi) is 5.84. The predicted molar refractivity (Wildman–Crippen MR) is 119 cm³/mol. The summed E-state index contributed by atoms with van der Waals surface area (Å²) in [6.07, 6.45) is 6.17. The first kappa shape index (κ1) is 21.8. The first-order chi connectivity index (χ1) is 14.7. The summed E-state index contributed by atoms with van der Waals surface area (Å²) in [5, 5.41) is 2.96. The molecule has 1 aromatic rings. The molecular formula is C25H34N2O4. The highest BCUT2D eigenvalue weighted by Crippen LogP contribution is 2.52. The molecule has 6 nitrogen and oxygen atoms in total. The van der Waals surface area contributed by atoms with Crippen molar-refractivity contribution < 1.29 is 19.1 Å². The Morgan fingerprint density at radius 2 is 1.87 bits per heavy atom. The number of hydrogen-bond donors (Lipinski definition) is 1. The van der Waals surface area contributed by atoms with E-state index in [-0.39, 0.29) is 34.7 Å². The average molecular weight is 427 g/mol. The molecule has 1 aromatic carbocycles. The SMILES string of the molecule is CC1(C)CC2CC(C)(CN2C(=O)c2ccc(NC(=O)C3CCCC(OC=O)C3)cc2)C1. The van der Waals surface area contributed by atoms with Gasteiger partial charge in [-0.1, -0.05) is 20.8 Å². The molecule has 1 aliphatic heterocycles. The third-order valence-electron chi connectivity index (χ3n) is 7.32. The van der Waals surface area contributed by atoms with Gasteiger partial charge in [0.15, 0.2) is 0 Å². The van der Waals surface area contributed by atoms with E-state index in [2.05, 4.69) is 31.0 Å². The van der Waals surface area contributed by atoms with Crippen LogP contribution in [0.15, 0.2) is 24.3 Å². The largest absolute Gasteiger partial charge is 0.465 e. The molecule has 0 aromatic heterocycles.